The van der Waals surface area contributed by atoms with Gasteiger partial charge in [-0.2, -0.15) is 5.10 Å². The summed E-state index contributed by atoms with van der Waals surface area (Å²) in [6, 6.07) is 5.16. The van der Waals surface area contributed by atoms with E-state index < -0.39 is 0 Å². The van der Waals surface area contributed by atoms with Crippen molar-refractivity contribution in [3.05, 3.63) is 40.7 Å². The number of halogens is 1. The zero-order valence-electron chi connectivity index (χ0n) is 15.0. The first kappa shape index (κ1) is 18.3. The van der Waals surface area contributed by atoms with E-state index in [4.69, 9.17) is 16.3 Å². The van der Waals surface area contributed by atoms with Crippen LogP contribution in [-0.4, -0.2) is 35.2 Å². The number of hydrogen-bond donors (Lipinski definition) is 1. The first-order valence-corrected chi connectivity index (χ1v) is 8.67. The number of aryl methyl sites for hydroxylation is 1. The van der Waals surface area contributed by atoms with Crippen molar-refractivity contribution in [2.45, 2.75) is 19.9 Å². The normalized spacial score (nSPS) is 16.8. The minimum Gasteiger partial charge on any atom is -0.495 e. The predicted molar refractivity (Wildman–Crippen MR) is 98.3 cm³/mol. The van der Waals surface area contributed by atoms with E-state index in [1.807, 2.05) is 14.0 Å². The van der Waals surface area contributed by atoms with Gasteiger partial charge in [-0.1, -0.05) is 11.6 Å². The number of aromatic nitrogens is 2. The van der Waals surface area contributed by atoms with Crippen LogP contribution in [0.1, 0.15) is 17.7 Å². The van der Waals surface area contributed by atoms with E-state index in [-0.39, 0.29) is 24.2 Å². The Labute approximate surface area is 156 Å². The van der Waals surface area contributed by atoms with Crippen molar-refractivity contribution in [2.24, 2.45) is 13.0 Å². The van der Waals surface area contributed by atoms with Gasteiger partial charge < -0.3 is 15.0 Å². The van der Waals surface area contributed by atoms with Crippen molar-refractivity contribution in [3.8, 4) is 5.75 Å². The van der Waals surface area contributed by atoms with Crippen LogP contribution in [-0.2, 0) is 23.2 Å². The Morgan fingerprint density at radius 1 is 1.46 bits per heavy atom. The fourth-order valence-corrected chi connectivity index (χ4v) is 3.25. The Hall–Kier alpha value is -2.54. The number of carbonyl (C=O) groups excluding carboxylic acids is 2. The van der Waals surface area contributed by atoms with E-state index in [0.717, 1.165) is 11.3 Å². The molecular weight excluding hydrogens is 356 g/mol. The Kier molecular flexibility index (Phi) is 5.18. The molecule has 3 rings (SSSR count). The van der Waals surface area contributed by atoms with Crippen molar-refractivity contribution in [2.75, 3.05) is 18.6 Å². The van der Waals surface area contributed by atoms with Crippen LogP contribution in [0.2, 0.25) is 5.02 Å². The van der Waals surface area contributed by atoms with Gasteiger partial charge in [-0.05, 0) is 25.1 Å². The number of ether oxygens (including phenoxy) is 1. The molecule has 0 unspecified atom stereocenters. The molecule has 0 radical (unpaired) electrons. The maximum atomic E-state index is 12.5. The minimum absolute atomic E-state index is 0.0936. The van der Waals surface area contributed by atoms with Crippen LogP contribution in [0.15, 0.2) is 24.4 Å². The van der Waals surface area contributed by atoms with Crippen molar-refractivity contribution >= 4 is 29.1 Å². The van der Waals surface area contributed by atoms with E-state index in [1.165, 1.54) is 7.11 Å². The highest BCUT2D eigenvalue weighted by atomic mass is 35.5. The molecule has 1 saturated heterocycles. The number of nitrogens with one attached hydrogen (secondary N) is 1. The molecule has 2 amide bonds. The second-order valence-corrected chi connectivity index (χ2v) is 6.73. The summed E-state index contributed by atoms with van der Waals surface area (Å²) in [6.45, 7) is 2.68. The fourth-order valence-electron chi connectivity index (χ4n) is 3.00. The van der Waals surface area contributed by atoms with Crippen LogP contribution in [0.4, 0.5) is 5.69 Å². The van der Waals surface area contributed by atoms with Crippen LogP contribution in [0.3, 0.4) is 0 Å². The van der Waals surface area contributed by atoms with Gasteiger partial charge in [0.15, 0.2) is 0 Å². The summed E-state index contributed by atoms with van der Waals surface area (Å²) < 4.78 is 6.89. The van der Waals surface area contributed by atoms with Crippen molar-refractivity contribution in [3.63, 3.8) is 0 Å². The largest absolute Gasteiger partial charge is 0.495 e. The van der Waals surface area contributed by atoms with E-state index in [1.54, 1.807) is 34.0 Å². The summed E-state index contributed by atoms with van der Waals surface area (Å²) in [4.78, 5) is 26.4. The molecule has 1 fully saturated rings. The number of carbonyl (C=O) groups is 2. The number of amides is 2. The molecule has 2 aromatic rings. The van der Waals surface area contributed by atoms with Gasteiger partial charge in [-0.3, -0.25) is 14.3 Å². The molecule has 1 aliphatic rings. The number of methoxy groups -OCH3 is 1. The molecular formula is C18H21ClN4O3. The first-order valence-electron chi connectivity index (χ1n) is 8.29. The molecule has 2 heterocycles. The summed E-state index contributed by atoms with van der Waals surface area (Å²) in [6.07, 6.45) is 1.92. The Morgan fingerprint density at radius 2 is 2.23 bits per heavy atom. The molecule has 1 N–H and O–H groups in total. The first-order chi connectivity index (χ1) is 12.4. The molecule has 1 aliphatic heterocycles. The van der Waals surface area contributed by atoms with Gasteiger partial charge in [0.2, 0.25) is 11.8 Å². The Balaban J connectivity index is 1.64. The highest BCUT2D eigenvalue weighted by Gasteiger charge is 2.35. The standard InChI is InChI=1S/C18H21ClN4O3/c1-11-13(9-21-22(11)2)8-20-18(25)12-6-17(24)23(10-12)14-4-5-16(26-3)15(19)7-14/h4-5,7,9,12H,6,8,10H2,1-3H3,(H,20,25)/t12-/m1/s1. The lowest BCUT2D eigenvalue weighted by Gasteiger charge is -2.17. The van der Waals surface area contributed by atoms with Crippen LogP contribution >= 0.6 is 11.6 Å². The van der Waals surface area contributed by atoms with Gasteiger partial charge in [-0.25, -0.2) is 0 Å². The second-order valence-electron chi connectivity index (χ2n) is 6.32. The Morgan fingerprint density at radius 3 is 2.85 bits per heavy atom. The summed E-state index contributed by atoms with van der Waals surface area (Å²) >= 11 is 6.14. The summed E-state index contributed by atoms with van der Waals surface area (Å²) in [5, 5.41) is 7.49. The molecule has 1 aromatic heterocycles. The number of nitrogens with zero attached hydrogens (tertiary/aromatic N) is 3. The SMILES string of the molecule is COc1ccc(N2C[C@H](C(=O)NCc3cnn(C)c3C)CC2=O)cc1Cl. The van der Waals surface area contributed by atoms with E-state index >= 15 is 0 Å². The van der Waals surface area contributed by atoms with Gasteiger partial charge >= 0.3 is 0 Å². The summed E-state index contributed by atoms with van der Waals surface area (Å²) in [5.41, 5.74) is 2.63. The number of benzene rings is 1. The van der Waals surface area contributed by atoms with Crippen molar-refractivity contribution < 1.29 is 14.3 Å². The third kappa shape index (κ3) is 3.53. The van der Waals surface area contributed by atoms with Crippen LogP contribution < -0.4 is 15.0 Å². The molecule has 8 heteroatoms. The van der Waals surface area contributed by atoms with E-state index in [9.17, 15) is 9.59 Å². The zero-order valence-corrected chi connectivity index (χ0v) is 15.7. The quantitative estimate of drug-likeness (QED) is 0.866. The average Bonchev–Trinajstić information content (AvgIpc) is 3.16. The third-order valence-corrected chi connectivity index (χ3v) is 5.03. The average molecular weight is 377 g/mol. The monoisotopic (exact) mass is 376 g/mol. The lowest BCUT2D eigenvalue weighted by Crippen LogP contribution is -2.32. The molecule has 7 nitrogen and oxygen atoms in total. The topological polar surface area (TPSA) is 76.5 Å². The second kappa shape index (κ2) is 7.37. The molecule has 1 aromatic carbocycles. The van der Waals surface area contributed by atoms with Crippen LogP contribution in [0.25, 0.3) is 0 Å². The maximum Gasteiger partial charge on any atom is 0.227 e. The molecule has 0 bridgehead atoms. The van der Waals surface area contributed by atoms with Crippen LogP contribution in [0.5, 0.6) is 5.75 Å². The van der Waals surface area contributed by atoms with Crippen LogP contribution in [0, 0.1) is 12.8 Å². The van der Waals surface area contributed by atoms with E-state index in [0.29, 0.717) is 29.5 Å². The van der Waals surface area contributed by atoms with Gasteiger partial charge in [0.25, 0.3) is 0 Å². The molecule has 0 saturated carbocycles. The molecule has 138 valence electrons. The highest BCUT2D eigenvalue weighted by Crippen LogP contribution is 2.32. The number of rotatable bonds is 5. The minimum atomic E-state index is -0.389. The molecule has 26 heavy (non-hydrogen) atoms. The zero-order chi connectivity index (χ0) is 18.8. The lowest BCUT2D eigenvalue weighted by molar-refractivity contribution is -0.126. The number of anilines is 1. The van der Waals surface area contributed by atoms with Gasteiger partial charge in [0.1, 0.15) is 5.75 Å². The predicted octanol–water partition coefficient (Wildman–Crippen LogP) is 2.06. The number of hydrogen-bond acceptors (Lipinski definition) is 4. The lowest BCUT2D eigenvalue weighted by atomic mass is 10.1. The molecule has 0 aliphatic carbocycles. The van der Waals surface area contributed by atoms with Gasteiger partial charge in [0, 0.05) is 43.5 Å². The Bertz CT molecular complexity index is 849. The van der Waals surface area contributed by atoms with Crippen molar-refractivity contribution in [1.29, 1.82) is 0 Å². The van der Waals surface area contributed by atoms with Gasteiger partial charge in [0.05, 0.1) is 24.2 Å². The highest BCUT2D eigenvalue weighted by molar-refractivity contribution is 6.32. The summed E-state index contributed by atoms with van der Waals surface area (Å²) in [5.74, 6) is -0.0730. The third-order valence-electron chi connectivity index (χ3n) is 4.73. The maximum absolute atomic E-state index is 12.5. The smallest absolute Gasteiger partial charge is 0.227 e. The molecule has 1 atom stereocenters. The van der Waals surface area contributed by atoms with Crippen molar-refractivity contribution in [1.82, 2.24) is 15.1 Å². The van der Waals surface area contributed by atoms with Gasteiger partial charge in [-0.15, -0.1) is 0 Å². The summed E-state index contributed by atoms with van der Waals surface area (Å²) in [7, 11) is 3.39. The molecule has 0 spiro atoms. The fraction of sp³-hybridized carbons (Fsp3) is 0.389. The van der Waals surface area contributed by atoms with E-state index in [2.05, 4.69) is 10.4 Å².